The molecule has 2 fully saturated rings. The molecule has 0 spiro atoms. The van der Waals surface area contributed by atoms with E-state index in [2.05, 4.69) is 41.5 Å². The van der Waals surface area contributed by atoms with Crippen LogP contribution < -0.4 is 37.2 Å². The summed E-state index contributed by atoms with van der Waals surface area (Å²) in [6.07, 6.45) is 9.13. The van der Waals surface area contributed by atoms with Crippen LogP contribution in [-0.2, 0) is 37.1 Å². The van der Waals surface area contributed by atoms with Crippen LogP contribution in [0.4, 0.5) is 21.8 Å². The van der Waals surface area contributed by atoms with E-state index in [1.54, 1.807) is 31.8 Å². The average molecular weight is 1070 g/mol. The summed E-state index contributed by atoms with van der Waals surface area (Å²) in [4.78, 5) is 99.9. The predicted molar refractivity (Wildman–Crippen MR) is 295 cm³/mol. The molecule has 6 amide bonds. The summed E-state index contributed by atoms with van der Waals surface area (Å²) in [6.45, 7) is 18.5. The Hall–Kier alpha value is -7.47. The first-order chi connectivity index (χ1) is 37.3. The lowest BCUT2D eigenvalue weighted by Crippen LogP contribution is -2.59. The number of hydrogen-bond acceptors (Lipinski definition) is 12. The van der Waals surface area contributed by atoms with Crippen molar-refractivity contribution in [3.8, 4) is 11.3 Å². The Morgan fingerprint density at radius 2 is 1.68 bits per heavy atom. The van der Waals surface area contributed by atoms with Gasteiger partial charge in [0.15, 0.2) is 11.6 Å². The third kappa shape index (κ3) is 14.2. The van der Waals surface area contributed by atoms with Crippen LogP contribution in [0.25, 0.3) is 16.1 Å². The van der Waals surface area contributed by atoms with E-state index in [4.69, 9.17) is 17.3 Å². The molecule has 6 atom stereocenters. The normalized spacial score (nSPS) is 18.3. The Morgan fingerprint density at radius 1 is 0.974 bits per heavy atom. The molecule has 5 heterocycles. The molecule has 0 unspecified atom stereocenters. The van der Waals surface area contributed by atoms with Gasteiger partial charge in [0.2, 0.25) is 29.5 Å². The van der Waals surface area contributed by atoms with E-state index in [9.17, 15) is 28.8 Å². The molecule has 78 heavy (non-hydrogen) atoms. The number of nitrogens with zero attached hydrogens (tertiary/aromatic N) is 8. The van der Waals surface area contributed by atoms with Gasteiger partial charge in [-0.25, -0.2) is 14.4 Å². The summed E-state index contributed by atoms with van der Waals surface area (Å²) >= 11 is 0. The van der Waals surface area contributed by atoms with Crippen LogP contribution in [0.5, 0.6) is 0 Å². The largest absolute Gasteiger partial charge is 0.381 e. The highest BCUT2D eigenvalue weighted by Gasteiger charge is 2.46. The number of nitrogens with two attached hydrogens (primary N) is 1. The summed E-state index contributed by atoms with van der Waals surface area (Å²) in [6, 6.07) is 10.7. The van der Waals surface area contributed by atoms with Gasteiger partial charge in [-0.1, -0.05) is 90.3 Å². The number of fused-ring (bicyclic) bond motifs is 9. The molecular weight excluding hydrogens is 996 g/mol. The monoisotopic (exact) mass is 1070 g/mol. The number of nitrogens with one attached hydrogen (secondary N) is 5. The van der Waals surface area contributed by atoms with Crippen LogP contribution in [0.3, 0.4) is 0 Å². The number of amides is 6. The van der Waals surface area contributed by atoms with E-state index in [1.807, 2.05) is 62.9 Å². The van der Waals surface area contributed by atoms with Crippen molar-refractivity contribution in [2.75, 3.05) is 44.4 Å². The van der Waals surface area contributed by atoms with Crippen molar-refractivity contribution in [3.05, 3.63) is 94.3 Å². The maximum Gasteiger partial charge on any atom is 0.305 e. The summed E-state index contributed by atoms with van der Waals surface area (Å²) in [5.74, 6) is -1.61. The fourth-order valence-corrected chi connectivity index (χ4v) is 10.7. The molecule has 2 saturated heterocycles. The van der Waals surface area contributed by atoms with E-state index >= 15 is 4.39 Å². The lowest BCUT2D eigenvalue weighted by molar-refractivity contribution is -0.144. The van der Waals surface area contributed by atoms with Gasteiger partial charge in [-0.15, -0.1) is 0 Å². The molecule has 3 aliphatic heterocycles. The minimum Gasteiger partial charge on any atom is -0.381 e. The fourth-order valence-electron chi connectivity index (χ4n) is 10.7. The first-order valence-corrected chi connectivity index (χ1v) is 27.4. The van der Waals surface area contributed by atoms with Crippen LogP contribution in [0.1, 0.15) is 151 Å². The zero-order valence-electron chi connectivity index (χ0n) is 46.2. The Balaban J connectivity index is 0.883. The lowest BCUT2D eigenvalue weighted by Gasteiger charge is -2.36. The maximum absolute atomic E-state index is 15.1. The van der Waals surface area contributed by atoms with E-state index in [0.29, 0.717) is 67.0 Å². The molecule has 7 rings (SSSR count). The number of rotatable bonds is 21. The summed E-state index contributed by atoms with van der Waals surface area (Å²) in [7, 11) is 3.27. The van der Waals surface area contributed by atoms with Crippen molar-refractivity contribution in [2.24, 2.45) is 5.41 Å². The number of likely N-dealkylation sites (N-methyl/N-ethyl adjacent to an activating group) is 1. The second kappa shape index (κ2) is 26.3. The number of benzene rings is 2. The van der Waals surface area contributed by atoms with Crippen molar-refractivity contribution >= 4 is 52.9 Å². The van der Waals surface area contributed by atoms with Crippen LogP contribution in [-0.4, -0.2) is 123 Å². The van der Waals surface area contributed by atoms with Crippen molar-refractivity contribution in [1.29, 1.82) is 0 Å². The third-order valence-corrected chi connectivity index (χ3v) is 15.1. The number of carbonyl (C=O) groups excluding carboxylic acids is 6. The van der Waals surface area contributed by atoms with Gasteiger partial charge in [0, 0.05) is 51.1 Å². The van der Waals surface area contributed by atoms with Crippen molar-refractivity contribution in [3.63, 3.8) is 0 Å². The zero-order chi connectivity index (χ0) is 56.3. The smallest absolute Gasteiger partial charge is 0.305 e. The Labute approximate surface area is 457 Å². The molecule has 20 nitrogen and oxygen atoms in total. The van der Waals surface area contributed by atoms with E-state index in [-0.39, 0.29) is 97.8 Å². The molecule has 0 radical (unpaired) electrons. The number of halogens is 1. The summed E-state index contributed by atoms with van der Waals surface area (Å²) in [5.41, 5.74) is 8.78. The summed E-state index contributed by atoms with van der Waals surface area (Å²) < 4.78 is 16.7. The van der Waals surface area contributed by atoms with E-state index < -0.39 is 41.3 Å². The van der Waals surface area contributed by atoms with Gasteiger partial charge in [0.1, 0.15) is 17.9 Å². The maximum atomic E-state index is 15.1. The zero-order valence-corrected chi connectivity index (χ0v) is 46.2. The highest BCUT2D eigenvalue weighted by atomic mass is 19.1. The number of nitrogen functional groups attached to an aromatic ring is 1. The fraction of sp³-hybridized carbons (Fsp3) is 0.544. The Kier molecular flexibility index (Phi) is 19.6. The minimum atomic E-state index is -0.922. The third-order valence-electron chi connectivity index (χ3n) is 15.1. The number of aromatic nitrogens is 4. The van der Waals surface area contributed by atoms with Gasteiger partial charge >= 0.3 is 5.82 Å². The molecule has 2 aromatic heterocycles. The number of likely N-dealkylation sites (tertiary alicyclic amines) is 1. The van der Waals surface area contributed by atoms with Crippen molar-refractivity contribution in [1.82, 2.24) is 56.1 Å². The molecule has 0 saturated carbocycles. The SMILES string of the molecule is [C-]#[N+]c1nn(CCNC(=O)CCCCCCCCC(=O)N[C@@H]2C[C@H](C(=O)N[C@@H](CC)c3ccccc3)N(C(=O)[C@H](NC(=O)[C@@H](C)NC)C(C)(C)C)C2)c2c1-c1cnc(N)c(n1)N1CCC[C@@H]1c1cc(F)cc(c1)C(=O)N(C)C2. The van der Waals surface area contributed by atoms with Gasteiger partial charge in [0.05, 0.1) is 54.4 Å². The van der Waals surface area contributed by atoms with Crippen LogP contribution in [0.2, 0.25) is 0 Å². The topological polar surface area (TPSA) is 246 Å². The first kappa shape index (κ1) is 58.2. The summed E-state index contributed by atoms with van der Waals surface area (Å²) in [5, 5.41) is 19.6. The van der Waals surface area contributed by atoms with Gasteiger partial charge in [-0.2, -0.15) is 4.68 Å². The number of unbranched alkanes of at least 4 members (excludes halogenated alkanes) is 5. The number of hydrogen-bond donors (Lipinski definition) is 6. The standard InChI is InChI=1S/C57H77FN14O6/c1-9-41(36-20-15-14-16-21-36)66-54(76)44-31-40(33-71(44)56(78)49(57(3,4)5)67-53(75)35(2)60-6)64-47(74)24-18-13-11-10-12-17-23-46(73)62-25-27-72-45-34-69(8)55(77)38-28-37(29-39(58)30-38)43-22-19-26-70(43)52-50(59)63-32-42(65-52)48(45)51(61-7)68-72/h14-16,20-21,28-30,32,35,40-41,43-44,49,60H,9-13,17-19,22-27,31,33-34H2,1-6,8H3,(H2,59,63)(H,62,73)(H,64,74)(H,66,76)(H,67,75)/t35-,40-,41+,43-,44-,49+/m1/s1. The van der Waals surface area contributed by atoms with Gasteiger partial charge < -0.3 is 51.9 Å². The second-order valence-corrected chi connectivity index (χ2v) is 21.9. The van der Waals surface area contributed by atoms with Gasteiger partial charge in [-0.05, 0) is 92.3 Å². The minimum absolute atomic E-state index is 0.00546. The highest BCUT2D eigenvalue weighted by molar-refractivity contribution is 5.95. The van der Waals surface area contributed by atoms with Crippen LogP contribution >= 0.6 is 0 Å². The highest BCUT2D eigenvalue weighted by Crippen LogP contribution is 2.41. The Bertz CT molecular complexity index is 2850. The molecule has 4 bridgehead atoms. The van der Waals surface area contributed by atoms with Crippen molar-refractivity contribution < 1.29 is 33.2 Å². The molecular formula is C57H77FN14O6. The number of carbonyl (C=O) groups is 6. The second-order valence-electron chi connectivity index (χ2n) is 21.9. The molecule has 2 aromatic carbocycles. The van der Waals surface area contributed by atoms with Crippen molar-refractivity contribution in [2.45, 2.75) is 161 Å². The van der Waals surface area contributed by atoms with Gasteiger partial charge in [-0.3, -0.25) is 28.8 Å². The average Bonchev–Trinajstić information content (AvgIpc) is 4.17. The molecule has 7 N–H and O–H groups in total. The van der Waals surface area contributed by atoms with Crippen LogP contribution in [0, 0.1) is 17.8 Å². The quantitative estimate of drug-likeness (QED) is 0.0400. The van der Waals surface area contributed by atoms with Gasteiger partial charge in [0.25, 0.3) is 5.91 Å². The molecule has 21 heteroatoms. The molecule has 0 aliphatic carbocycles. The predicted octanol–water partition coefficient (Wildman–Crippen LogP) is 6.27. The van der Waals surface area contributed by atoms with E-state index in [0.717, 1.165) is 37.7 Å². The van der Waals surface area contributed by atoms with Crippen LogP contribution in [0.15, 0.2) is 54.7 Å². The molecule has 3 aliphatic rings. The lowest BCUT2D eigenvalue weighted by atomic mass is 9.85. The molecule has 4 aromatic rings. The molecule has 418 valence electrons. The number of anilines is 2. The van der Waals surface area contributed by atoms with E-state index in [1.165, 1.54) is 28.1 Å². The Morgan fingerprint density at radius 3 is 2.36 bits per heavy atom. The first-order valence-electron chi connectivity index (χ1n) is 27.4.